The van der Waals surface area contributed by atoms with Crippen LogP contribution in [0.4, 0.5) is 18.0 Å². The molecule has 0 spiro atoms. The molecule has 7 nitrogen and oxygen atoms in total. The molecule has 0 fully saturated rings. The van der Waals surface area contributed by atoms with Crippen LogP contribution < -0.4 is 4.74 Å². The lowest BCUT2D eigenvalue weighted by atomic mass is 10.0. The molecule has 0 N–H and O–H groups in total. The van der Waals surface area contributed by atoms with Crippen LogP contribution in [-0.4, -0.2) is 39.7 Å². The van der Waals surface area contributed by atoms with E-state index in [0.717, 1.165) is 5.56 Å². The molecule has 2 aromatic carbocycles. The number of nitrogens with zero attached hydrogens (tertiary/aromatic N) is 4. The van der Waals surface area contributed by atoms with Crippen LogP contribution in [0.2, 0.25) is 0 Å². The third-order valence-corrected chi connectivity index (χ3v) is 5.97. The van der Waals surface area contributed by atoms with E-state index >= 15 is 0 Å². The van der Waals surface area contributed by atoms with Crippen molar-refractivity contribution in [3.8, 4) is 22.4 Å². The van der Waals surface area contributed by atoms with E-state index in [-0.39, 0.29) is 5.75 Å². The number of hydrogen-bond donors (Lipinski definition) is 0. The minimum absolute atomic E-state index is 0.319. The number of rotatable bonds is 7. The maximum absolute atomic E-state index is 13.0. The zero-order valence-electron chi connectivity index (χ0n) is 20.2. The Hall–Kier alpha value is -3.65. The molecular weight excluding hydrogens is 493 g/mol. The average molecular weight is 519 g/mol. The highest BCUT2D eigenvalue weighted by Gasteiger charge is 2.32. The van der Waals surface area contributed by atoms with Gasteiger partial charge in [-0.05, 0) is 63.9 Å². The molecule has 0 saturated carbocycles. The predicted molar refractivity (Wildman–Crippen MR) is 128 cm³/mol. The number of halogens is 3. The van der Waals surface area contributed by atoms with Crippen molar-refractivity contribution in [1.82, 2.24) is 15.1 Å². The maximum Gasteiger partial charge on any atom is 0.573 e. The lowest BCUT2D eigenvalue weighted by molar-refractivity contribution is -0.274. The summed E-state index contributed by atoms with van der Waals surface area (Å²) in [5, 5.41) is 18.4. The number of carbonyl (C=O) groups excluding carboxylic acids is 1. The van der Waals surface area contributed by atoms with Crippen LogP contribution >= 0.6 is 11.3 Å². The fraction of sp³-hybridized carbons (Fsp3) is 0.360. The van der Waals surface area contributed by atoms with Crippen LogP contribution in [0.1, 0.15) is 49.9 Å². The number of likely N-dealkylation sites (N-methyl/N-ethyl adjacent to an activating group) is 1. The molecule has 1 atom stereocenters. The SMILES string of the molecule is CCN(C(=O)OC(C)(C)C)C(Cc1ccc(C#N)cc1)c1nnc(-c2cccc(OC(F)(F)F)c2)s1. The second-order valence-corrected chi connectivity index (χ2v) is 9.83. The van der Waals surface area contributed by atoms with Gasteiger partial charge in [0, 0.05) is 12.1 Å². The number of alkyl halides is 3. The highest BCUT2D eigenvalue weighted by molar-refractivity contribution is 7.14. The molecule has 36 heavy (non-hydrogen) atoms. The van der Waals surface area contributed by atoms with Crippen molar-refractivity contribution in [2.75, 3.05) is 6.54 Å². The normalized spacial score (nSPS) is 12.5. The van der Waals surface area contributed by atoms with E-state index < -0.39 is 24.1 Å². The minimum atomic E-state index is -4.81. The Morgan fingerprint density at radius 2 is 1.83 bits per heavy atom. The van der Waals surface area contributed by atoms with Gasteiger partial charge >= 0.3 is 12.5 Å². The molecule has 3 rings (SSSR count). The summed E-state index contributed by atoms with van der Waals surface area (Å²) in [6.45, 7) is 7.45. The van der Waals surface area contributed by atoms with Gasteiger partial charge in [-0.1, -0.05) is 35.6 Å². The van der Waals surface area contributed by atoms with Gasteiger partial charge in [0.25, 0.3) is 0 Å². The van der Waals surface area contributed by atoms with Crippen molar-refractivity contribution in [3.05, 3.63) is 64.7 Å². The van der Waals surface area contributed by atoms with Crippen LogP contribution in [-0.2, 0) is 11.2 Å². The first-order valence-electron chi connectivity index (χ1n) is 11.1. The lowest BCUT2D eigenvalue weighted by Crippen LogP contribution is -2.40. The fourth-order valence-corrected chi connectivity index (χ4v) is 4.33. The van der Waals surface area contributed by atoms with Crippen LogP contribution in [0.15, 0.2) is 48.5 Å². The van der Waals surface area contributed by atoms with E-state index in [0.29, 0.717) is 34.1 Å². The minimum Gasteiger partial charge on any atom is -0.444 e. The summed E-state index contributed by atoms with van der Waals surface area (Å²) in [6, 6.07) is 14.0. The van der Waals surface area contributed by atoms with E-state index in [9.17, 15) is 18.0 Å². The van der Waals surface area contributed by atoms with Gasteiger partial charge in [-0.3, -0.25) is 4.90 Å². The highest BCUT2D eigenvalue weighted by atomic mass is 32.1. The predicted octanol–water partition coefficient (Wildman–Crippen LogP) is 6.52. The van der Waals surface area contributed by atoms with Gasteiger partial charge in [-0.15, -0.1) is 23.4 Å². The quantitative estimate of drug-likeness (QED) is 0.354. The van der Waals surface area contributed by atoms with E-state index in [1.165, 1.54) is 34.4 Å². The topological polar surface area (TPSA) is 88.3 Å². The van der Waals surface area contributed by atoms with Crippen LogP contribution in [0, 0.1) is 11.3 Å². The number of benzene rings is 2. The van der Waals surface area contributed by atoms with Crippen molar-refractivity contribution >= 4 is 17.4 Å². The van der Waals surface area contributed by atoms with Crippen molar-refractivity contribution in [1.29, 1.82) is 5.26 Å². The highest BCUT2D eigenvalue weighted by Crippen LogP contribution is 2.34. The molecule has 0 saturated heterocycles. The Morgan fingerprint density at radius 1 is 1.14 bits per heavy atom. The van der Waals surface area contributed by atoms with Crippen molar-refractivity contribution in [2.24, 2.45) is 0 Å². The molecule has 1 amide bonds. The third kappa shape index (κ3) is 7.42. The van der Waals surface area contributed by atoms with Gasteiger partial charge in [-0.25, -0.2) is 4.79 Å². The van der Waals surface area contributed by atoms with Crippen LogP contribution in [0.25, 0.3) is 10.6 Å². The number of carbonyl (C=O) groups is 1. The first-order chi connectivity index (χ1) is 16.9. The second-order valence-electron chi connectivity index (χ2n) is 8.82. The van der Waals surface area contributed by atoms with Gasteiger partial charge in [0.05, 0.1) is 17.7 Å². The number of hydrogen-bond acceptors (Lipinski definition) is 7. The van der Waals surface area contributed by atoms with Crippen molar-refractivity contribution in [2.45, 2.75) is 52.1 Å². The molecule has 0 aliphatic rings. The van der Waals surface area contributed by atoms with Gasteiger partial charge in [0.15, 0.2) is 0 Å². The molecule has 1 aromatic heterocycles. The molecule has 11 heteroatoms. The Kier molecular flexibility index (Phi) is 8.20. The number of amides is 1. The molecule has 190 valence electrons. The molecule has 3 aromatic rings. The number of nitriles is 1. The van der Waals surface area contributed by atoms with Gasteiger partial charge in [0.2, 0.25) is 0 Å². The zero-order valence-corrected chi connectivity index (χ0v) is 21.0. The molecule has 0 radical (unpaired) electrons. The van der Waals surface area contributed by atoms with Gasteiger partial charge < -0.3 is 9.47 Å². The fourth-order valence-electron chi connectivity index (χ4n) is 3.38. The Balaban J connectivity index is 1.96. The van der Waals surface area contributed by atoms with Gasteiger partial charge in [0.1, 0.15) is 21.4 Å². The number of ether oxygens (including phenoxy) is 2. The van der Waals surface area contributed by atoms with E-state index in [4.69, 9.17) is 10.00 Å². The summed E-state index contributed by atoms with van der Waals surface area (Å²) < 4.78 is 47.6. The number of aromatic nitrogens is 2. The Labute approximate surface area is 211 Å². The summed E-state index contributed by atoms with van der Waals surface area (Å²) in [4.78, 5) is 14.6. The monoisotopic (exact) mass is 518 g/mol. The summed E-state index contributed by atoms with van der Waals surface area (Å²) in [7, 11) is 0. The molecule has 1 unspecified atom stereocenters. The molecule has 0 aliphatic heterocycles. The summed E-state index contributed by atoms with van der Waals surface area (Å²) in [5.74, 6) is -0.366. The molecule has 1 heterocycles. The van der Waals surface area contributed by atoms with E-state index in [1.807, 2.05) is 6.92 Å². The third-order valence-electron chi connectivity index (χ3n) is 4.90. The largest absolute Gasteiger partial charge is 0.573 e. The standard InChI is InChI=1S/C25H25F3N4O3S/c1-5-32(23(33)35-24(2,3)4)20(13-16-9-11-17(15-29)12-10-16)22-31-30-21(36-22)18-7-6-8-19(14-18)34-25(26,27)28/h6-12,14,20H,5,13H2,1-4H3. The first-order valence-corrected chi connectivity index (χ1v) is 11.9. The van der Waals surface area contributed by atoms with Crippen molar-refractivity contribution in [3.63, 3.8) is 0 Å². The molecule has 0 aliphatic carbocycles. The van der Waals surface area contributed by atoms with Crippen LogP contribution in [0.5, 0.6) is 5.75 Å². The Bertz CT molecular complexity index is 1230. The average Bonchev–Trinajstić information content (AvgIpc) is 3.27. The second kappa shape index (κ2) is 11.0. The van der Waals surface area contributed by atoms with Crippen LogP contribution in [0.3, 0.4) is 0 Å². The summed E-state index contributed by atoms with van der Waals surface area (Å²) in [5.41, 5.74) is 1.06. The van der Waals surface area contributed by atoms with Gasteiger partial charge in [-0.2, -0.15) is 5.26 Å². The van der Waals surface area contributed by atoms with Crippen molar-refractivity contribution < 1.29 is 27.4 Å². The first kappa shape index (κ1) is 26.9. The molecule has 0 bridgehead atoms. The van der Waals surface area contributed by atoms with E-state index in [2.05, 4.69) is 21.0 Å². The zero-order chi connectivity index (χ0) is 26.5. The maximum atomic E-state index is 13.0. The summed E-state index contributed by atoms with van der Waals surface area (Å²) in [6.07, 6.45) is -4.97. The smallest absolute Gasteiger partial charge is 0.444 e. The Morgan fingerprint density at radius 3 is 2.42 bits per heavy atom. The summed E-state index contributed by atoms with van der Waals surface area (Å²) >= 11 is 1.17. The lowest BCUT2D eigenvalue weighted by Gasteiger charge is -2.31. The molecular formula is C25H25F3N4O3S. The van der Waals surface area contributed by atoms with E-state index in [1.54, 1.807) is 51.1 Å².